The van der Waals surface area contributed by atoms with E-state index in [-0.39, 0.29) is 18.2 Å². The van der Waals surface area contributed by atoms with Crippen LogP contribution >= 0.6 is 0 Å². The van der Waals surface area contributed by atoms with Crippen molar-refractivity contribution < 1.29 is 14.7 Å². The SMILES string of the molecule is CCC(CC)C(=O)n1c(C)c(CC(=O)O)c2ccccc21. The van der Waals surface area contributed by atoms with Crippen LogP contribution in [0.2, 0.25) is 0 Å². The molecule has 0 atom stereocenters. The predicted octanol–water partition coefficient (Wildman–Crippen LogP) is 3.65. The van der Waals surface area contributed by atoms with Crippen LogP contribution in [0.4, 0.5) is 0 Å². The summed E-state index contributed by atoms with van der Waals surface area (Å²) >= 11 is 0. The average molecular weight is 287 g/mol. The van der Waals surface area contributed by atoms with Gasteiger partial charge in [0.05, 0.1) is 11.9 Å². The highest BCUT2D eigenvalue weighted by Crippen LogP contribution is 2.28. The van der Waals surface area contributed by atoms with Crippen LogP contribution in [-0.4, -0.2) is 21.6 Å². The second kappa shape index (κ2) is 6.12. The first kappa shape index (κ1) is 15.3. The molecule has 1 aromatic heterocycles. The smallest absolute Gasteiger partial charge is 0.307 e. The van der Waals surface area contributed by atoms with Crippen molar-refractivity contribution >= 4 is 22.8 Å². The fourth-order valence-electron chi connectivity index (χ4n) is 2.91. The number of hydrogen-bond acceptors (Lipinski definition) is 2. The number of carboxylic acids is 1. The number of carbonyl (C=O) groups is 2. The van der Waals surface area contributed by atoms with E-state index in [0.29, 0.717) is 0 Å². The highest BCUT2D eigenvalue weighted by Gasteiger charge is 2.23. The summed E-state index contributed by atoms with van der Waals surface area (Å²) in [5.41, 5.74) is 2.29. The molecule has 21 heavy (non-hydrogen) atoms. The number of fused-ring (bicyclic) bond motifs is 1. The lowest BCUT2D eigenvalue weighted by molar-refractivity contribution is -0.136. The Morgan fingerprint density at radius 2 is 1.81 bits per heavy atom. The van der Waals surface area contributed by atoms with Crippen LogP contribution in [0.15, 0.2) is 24.3 Å². The number of hydrogen-bond donors (Lipinski definition) is 1. The van der Waals surface area contributed by atoms with Crippen molar-refractivity contribution in [1.82, 2.24) is 4.57 Å². The Hall–Kier alpha value is -2.10. The molecule has 0 radical (unpaired) electrons. The van der Waals surface area contributed by atoms with E-state index in [1.54, 1.807) is 4.57 Å². The Morgan fingerprint density at radius 3 is 2.38 bits per heavy atom. The summed E-state index contributed by atoms with van der Waals surface area (Å²) in [5.74, 6) is -0.849. The van der Waals surface area contributed by atoms with Crippen LogP contribution in [0, 0.1) is 12.8 Å². The van der Waals surface area contributed by atoms with Gasteiger partial charge in [0, 0.05) is 17.0 Å². The van der Waals surface area contributed by atoms with Gasteiger partial charge in [-0.15, -0.1) is 0 Å². The molecular weight excluding hydrogens is 266 g/mol. The van der Waals surface area contributed by atoms with Crippen LogP contribution in [0.5, 0.6) is 0 Å². The molecule has 1 aromatic carbocycles. The number of aromatic nitrogens is 1. The van der Waals surface area contributed by atoms with E-state index in [2.05, 4.69) is 0 Å². The third-order valence-corrected chi connectivity index (χ3v) is 4.13. The Balaban J connectivity index is 2.66. The molecule has 0 fully saturated rings. The molecule has 0 aliphatic heterocycles. The monoisotopic (exact) mass is 287 g/mol. The minimum absolute atomic E-state index is 0.0304. The Labute approximate surface area is 124 Å². The van der Waals surface area contributed by atoms with Gasteiger partial charge in [-0.3, -0.25) is 14.2 Å². The fraction of sp³-hybridized carbons (Fsp3) is 0.412. The molecule has 0 bridgehead atoms. The number of para-hydroxylation sites is 1. The first-order chi connectivity index (χ1) is 10.0. The van der Waals surface area contributed by atoms with Crippen LogP contribution in [0.1, 0.15) is 42.7 Å². The van der Waals surface area contributed by atoms with Gasteiger partial charge in [-0.1, -0.05) is 32.0 Å². The molecule has 0 amide bonds. The molecule has 1 N–H and O–H groups in total. The summed E-state index contributed by atoms with van der Waals surface area (Å²) in [6, 6.07) is 7.52. The van der Waals surface area contributed by atoms with Crippen molar-refractivity contribution in [1.29, 1.82) is 0 Å². The summed E-state index contributed by atoms with van der Waals surface area (Å²) in [6.07, 6.45) is 1.51. The summed E-state index contributed by atoms with van der Waals surface area (Å²) in [6.45, 7) is 5.84. The Bertz CT molecular complexity index is 681. The Kier molecular flexibility index (Phi) is 4.46. The molecule has 4 nitrogen and oxygen atoms in total. The fourth-order valence-corrected chi connectivity index (χ4v) is 2.91. The largest absolute Gasteiger partial charge is 0.481 e. The normalized spacial score (nSPS) is 11.2. The van der Waals surface area contributed by atoms with E-state index < -0.39 is 5.97 Å². The molecule has 0 saturated carbocycles. The second-order valence-electron chi connectivity index (χ2n) is 5.34. The molecule has 2 aromatic rings. The van der Waals surface area contributed by atoms with Crippen molar-refractivity contribution in [2.24, 2.45) is 5.92 Å². The molecule has 1 heterocycles. The maximum absolute atomic E-state index is 12.8. The molecule has 0 aliphatic rings. The molecule has 0 spiro atoms. The first-order valence-electron chi connectivity index (χ1n) is 7.36. The number of carbonyl (C=O) groups excluding carboxylic acids is 1. The van der Waals surface area contributed by atoms with E-state index in [1.807, 2.05) is 45.0 Å². The minimum atomic E-state index is -0.879. The van der Waals surface area contributed by atoms with Gasteiger partial charge in [0.15, 0.2) is 0 Å². The number of carboxylic acid groups (broad SMARTS) is 1. The van der Waals surface area contributed by atoms with Crippen LogP contribution in [0.25, 0.3) is 10.9 Å². The topological polar surface area (TPSA) is 59.3 Å². The molecule has 0 unspecified atom stereocenters. The third-order valence-electron chi connectivity index (χ3n) is 4.13. The van der Waals surface area contributed by atoms with Crippen molar-refractivity contribution in [3.8, 4) is 0 Å². The second-order valence-corrected chi connectivity index (χ2v) is 5.34. The van der Waals surface area contributed by atoms with Gasteiger partial charge in [-0.25, -0.2) is 0 Å². The van der Waals surface area contributed by atoms with Crippen molar-refractivity contribution in [3.05, 3.63) is 35.5 Å². The zero-order valence-electron chi connectivity index (χ0n) is 12.7. The van der Waals surface area contributed by atoms with Gasteiger partial charge in [0.1, 0.15) is 0 Å². The van der Waals surface area contributed by atoms with E-state index in [9.17, 15) is 9.59 Å². The summed E-state index contributed by atoms with van der Waals surface area (Å²) < 4.78 is 1.70. The molecule has 4 heteroatoms. The highest BCUT2D eigenvalue weighted by molar-refractivity contribution is 5.98. The number of rotatable bonds is 5. The van der Waals surface area contributed by atoms with Crippen LogP contribution in [-0.2, 0) is 11.2 Å². The maximum Gasteiger partial charge on any atom is 0.307 e. The Morgan fingerprint density at radius 1 is 1.19 bits per heavy atom. The third kappa shape index (κ3) is 2.71. The molecule has 2 rings (SSSR count). The van der Waals surface area contributed by atoms with Gasteiger partial charge in [0.25, 0.3) is 0 Å². The van der Waals surface area contributed by atoms with Crippen molar-refractivity contribution in [3.63, 3.8) is 0 Å². The lowest BCUT2D eigenvalue weighted by Gasteiger charge is -2.14. The van der Waals surface area contributed by atoms with Crippen LogP contribution in [0.3, 0.4) is 0 Å². The number of aliphatic carboxylic acids is 1. The standard InChI is InChI=1S/C17H21NO3/c1-4-12(5-2)17(21)18-11(3)14(10-16(19)20)13-8-6-7-9-15(13)18/h6-9,12H,4-5,10H2,1-3H3,(H,19,20). The molecule has 0 saturated heterocycles. The number of nitrogens with zero attached hydrogens (tertiary/aromatic N) is 1. The number of benzene rings is 1. The van der Waals surface area contributed by atoms with Gasteiger partial charge in [-0.2, -0.15) is 0 Å². The first-order valence-corrected chi connectivity index (χ1v) is 7.36. The quantitative estimate of drug-likeness (QED) is 0.913. The summed E-state index contributed by atoms with van der Waals surface area (Å²) in [7, 11) is 0. The van der Waals surface area contributed by atoms with E-state index in [1.165, 1.54) is 0 Å². The summed E-state index contributed by atoms with van der Waals surface area (Å²) in [4.78, 5) is 23.9. The van der Waals surface area contributed by atoms with E-state index >= 15 is 0 Å². The predicted molar refractivity (Wildman–Crippen MR) is 82.7 cm³/mol. The highest BCUT2D eigenvalue weighted by atomic mass is 16.4. The van der Waals surface area contributed by atoms with Gasteiger partial charge < -0.3 is 5.11 Å². The molecular formula is C17H21NO3. The average Bonchev–Trinajstić information content (AvgIpc) is 2.72. The maximum atomic E-state index is 12.8. The van der Waals surface area contributed by atoms with Gasteiger partial charge in [0.2, 0.25) is 5.91 Å². The van der Waals surface area contributed by atoms with Crippen LogP contribution < -0.4 is 0 Å². The zero-order chi connectivity index (χ0) is 15.6. The van der Waals surface area contributed by atoms with Crippen molar-refractivity contribution in [2.45, 2.75) is 40.0 Å². The lowest BCUT2D eigenvalue weighted by atomic mass is 10.0. The molecule has 0 aliphatic carbocycles. The van der Waals surface area contributed by atoms with Gasteiger partial charge >= 0.3 is 5.97 Å². The van der Waals surface area contributed by atoms with E-state index in [0.717, 1.165) is 35.0 Å². The van der Waals surface area contributed by atoms with Crippen molar-refractivity contribution in [2.75, 3.05) is 0 Å². The molecule has 112 valence electrons. The minimum Gasteiger partial charge on any atom is -0.481 e. The summed E-state index contributed by atoms with van der Waals surface area (Å²) in [5, 5.41) is 9.96. The zero-order valence-corrected chi connectivity index (χ0v) is 12.7. The van der Waals surface area contributed by atoms with Gasteiger partial charge in [-0.05, 0) is 31.4 Å². The lowest BCUT2D eigenvalue weighted by Crippen LogP contribution is -2.22. The van der Waals surface area contributed by atoms with E-state index in [4.69, 9.17) is 5.11 Å².